The van der Waals surface area contributed by atoms with Crippen molar-refractivity contribution in [3.63, 3.8) is 0 Å². The van der Waals surface area contributed by atoms with E-state index in [1.165, 1.54) is 57.7 Å². The van der Waals surface area contributed by atoms with E-state index in [1.54, 1.807) is 12.1 Å². The first-order chi connectivity index (χ1) is 13.2. The average Bonchev–Trinajstić information content (AvgIpc) is 2.68. The fraction of sp³-hybridized carbons (Fsp3) is 0.565. The number of fused-ring (bicyclic) bond motifs is 1. The number of Topliss-reactive ketones (excluding diaryl/α,β-unsaturated/α-hetero) is 1. The number of hydrogen-bond donors (Lipinski definition) is 1. The van der Waals surface area contributed by atoms with Crippen molar-refractivity contribution in [1.29, 1.82) is 0 Å². The molecule has 0 saturated carbocycles. The van der Waals surface area contributed by atoms with E-state index in [9.17, 15) is 9.59 Å². The van der Waals surface area contributed by atoms with Crippen LogP contribution in [0.25, 0.3) is 5.70 Å². The van der Waals surface area contributed by atoms with Gasteiger partial charge in [-0.3, -0.25) is 9.59 Å². The lowest BCUT2D eigenvalue weighted by Crippen LogP contribution is -2.30. The quantitative estimate of drug-likeness (QED) is 0.411. The second-order valence-corrected chi connectivity index (χ2v) is 7.33. The monoisotopic (exact) mass is 370 g/mol. The maximum atomic E-state index is 12.0. The van der Waals surface area contributed by atoms with Gasteiger partial charge in [-0.15, -0.1) is 0 Å². The molecule has 0 aromatic heterocycles. The lowest BCUT2D eigenvalue weighted by atomic mass is 9.93. The third-order valence-electron chi connectivity index (χ3n) is 5.08. The Morgan fingerprint density at radius 3 is 2.04 bits per heavy atom. The molecule has 0 unspecified atom stereocenters. The Hall–Kier alpha value is -1.94. The maximum absolute atomic E-state index is 12.0. The molecule has 2 rings (SSSR count). The number of nitrogens with zero attached hydrogens (tertiary/aromatic N) is 1. The fourth-order valence-electron chi connectivity index (χ4n) is 3.50. The summed E-state index contributed by atoms with van der Waals surface area (Å²) in [6.07, 6.45) is 10.1. The summed E-state index contributed by atoms with van der Waals surface area (Å²) in [7, 11) is 0. The van der Waals surface area contributed by atoms with Crippen LogP contribution >= 0.6 is 0 Å². The molecular weight excluding hydrogens is 336 g/mol. The predicted molar refractivity (Wildman–Crippen MR) is 112 cm³/mol. The summed E-state index contributed by atoms with van der Waals surface area (Å²) in [4.78, 5) is 26.5. The van der Waals surface area contributed by atoms with Crippen LogP contribution < -0.4 is 5.32 Å². The number of hydrogen-bond acceptors (Lipinski definition) is 4. The van der Waals surface area contributed by atoms with Gasteiger partial charge in [0.05, 0.1) is 0 Å². The van der Waals surface area contributed by atoms with Crippen molar-refractivity contribution < 1.29 is 9.59 Å². The van der Waals surface area contributed by atoms with Crippen molar-refractivity contribution in [2.45, 2.75) is 58.8 Å². The molecule has 0 amide bonds. The largest absolute Gasteiger partial charge is 0.384 e. The molecule has 1 aromatic rings. The van der Waals surface area contributed by atoms with Crippen LogP contribution in [0.3, 0.4) is 0 Å². The normalized spacial score (nSPS) is 13.7. The molecule has 1 aliphatic rings. The number of unbranched alkanes of at least 4 members (excludes halogenated alkanes) is 4. The molecule has 0 spiro atoms. The fourth-order valence-corrected chi connectivity index (χ4v) is 3.50. The number of rotatable bonds is 13. The highest BCUT2D eigenvalue weighted by molar-refractivity contribution is 6.50. The summed E-state index contributed by atoms with van der Waals surface area (Å²) in [5.74, 6) is -0.842. The number of carbonyl (C=O) groups excluding carboxylic acids is 2. The number of ketones is 2. The van der Waals surface area contributed by atoms with Crippen LogP contribution in [0.15, 0.2) is 30.3 Å². The van der Waals surface area contributed by atoms with Gasteiger partial charge in [0.1, 0.15) is 0 Å². The van der Waals surface area contributed by atoms with Crippen molar-refractivity contribution >= 4 is 17.3 Å². The average molecular weight is 371 g/mol. The number of benzene rings is 1. The van der Waals surface area contributed by atoms with E-state index >= 15 is 0 Å². The van der Waals surface area contributed by atoms with Crippen molar-refractivity contribution in [3.8, 4) is 0 Å². The SMILES string of the molecule is CCCCCN(CCCCC)CCCNC1=CC(=O)C(=O)c2ccccc21. The van der Waals surface area contributed by atoms with Gasteiger partial charge in [0.15, 0.2) is 0 Å². The van der Waals surface area contributed by atoms with Crippen LogP contribution in [-0.2, 0) is 4.79 Å². The first-order valence-corrected chi connectivity index (χ1v) is 10.5. The van der Waals surface area contributed by atoms with Gasteiger partial charge in [-0.1, -0.05) is 63.8 Å². The molecule has 148 valence electrons. The first kappa shape index (κ1) is 21.4. The van der Waals surface area contributed by atoms with Gasteiger partial charge >= 0.3 is 0 Å². The van der Waals surface area contributed by atoms with Crippen molar-refractivity contribution in [2.24, 2.45) is 0 Å². The molecule has 0 radical (unpaired) electrons. The summed E-state index contributed by atoms with van der Waals surface area (Å²) >= 11 is 0. The molecule has 4 heteroatoms. The molecule has 1 aromatic carbocycles. The summed E-state index contributed by atoms with van der Waals surface area (Å²) in [6.45, 7) is 8.72. The van der Waals surface area contributed by atoms with E-state index < -0.39 is 11.6 Å². The van der Waals surface area contributed by atoms with Crippen LogP contribution in [-0.4, -0.2) is 42.6 Å². The third kappa shape index (κ3) is 6.62. The molecule has 1 N–H and O–H groups in total. The van der Waals surface area contributed by atoms with Gasteiger partial charge < -0.3 is 10.2 Å². The second kappa shape index (κ2) is 11.7. The van der Waals surface area contributed by atoms with E-state index in [0.29, 0.717) is 5.56 Å². The third-order valence-corrected chi connectivity index (χ3v) is 5.08. The highest BCUT2D eigenvalue weighted by atomic mass is 16.2. The zero-order valence-electron chi connectivity index (χ0n) is 16.9. The summed E-state index contributed by atoms with van der Waals surface area (Å²) in [6, 6.07) is 7.34. The van der Waals surface area contributed by atoms with E-state index in [-0.39, 0.29) is 0 Å². The van der Waals surface area contributed by atoms with Crippen LogP contribution in [0.5, 0.6) is 0 Å². The minimum absolute atomic E-state index is 0.408. The van der Waals surface area contributed by atoms with Gasteiger partial charge in [-0.2, -0.15) is 0 Å². The Morgan fingerprint density at radius 2 is 1.41 bits per heavy atom. The summed E-state index contributed by atoms with van der Waals surface area (Å²) < 4.78 is 0. The van der Waals surface area contributed by atoms with Crippen LogP contribution in [0.2, 0.25) is 0 Å². The topological polar surface area (TPSA) is 49.4 Å². The highest BCUT2D eigenvalue weighted by Crippen LogP contribution is 2.22. The molecule has 27 heavy (non-hydrogen) atoms. The van der Waals surface area contributed by atoms with Gasteiger partial charge in [-0.05, 0) is 38.9 Å². The Balaban J connectivity index is 1.83. The summed E-state index contributed by atoms with van der Waals surface area (Å²) in [5.41, 5.74) is 2.12. The van der Waals surface area contributed by atoms with E-state index in [4.69, 9.17) is 0 Å². The molecule has 0 bridgehead atoms. The predicted octanol–water partition coefficient (Wildman–Crippen LogP) is 4.46. The lowest BCUT2D eigenvalue weighted by Gasteiger charge is -2.23. The van der Waals surface area contributed by atoms with Gasteiger partial charge in [0.2, 0.25) is 11.6 Å². The molecule has 1 aliphatic carbocycles. The smallest absolute Gasteiger partial charge is 0.233 e. The zero-order chi connectivity index (χ0) is 19.5. The van der Waals surface area contributed by atoms with Crippen LogP contribution in [0, 0.1) is 0 Å². The number of carbonyl (C=O) groups is 2. The van der Waals surface area contributed by atoms with Gasteiger partial charge in [0, 0.05) is 29.4 Å². The minimum Gasteiger partial charge on any atom is -0.384 e. The van der Waals surface area contributed by atoms with E-state index in [0.717, 1.165) is 30.8 Å². The Labute approximate surface area is 164 Å². The molecule has 0 aliphatic heterocycles. The Morgan fingerprint density at radius 1 is 0.815 bits per heavy atom. The molecule has 0 heterocycles. The minimum atomic E-state index is -0.433. The standard InChI is InChI=1S/C23H34N2O2/c1-3-5-9-15-25(16-10-6-4-2)17-11-14-24-21-18-22(26)23(27)20-13-8-7-12-19(20)21/h7-8,12-13,18,24H,3-6,9-11,14-17H2,1-2H3. The lowest BCUT2D eigenvalue weighted by molar-refractivity contribution is -0.111. The molecule has 0 fully saturated rings. The molecule has 0 atom stereocenters. The zero-order valence-corrected chi connectivity index (χ0v) is 16.9. The number of allylic oxidation sites excluding steroid dienone is 1. The Kier molecular flexibility index (Phi) is 9.26. The highest BCUT2D eigenvalue weighted by Gasteiger charge is 2.24. The Bertz CT molecular complexity index is 642. The molecule has 0 saturated heterocycles. The first-order valence-electron chi connectivity index (χ1n) is 10.5. The van der Waals surface area contributed by atoms with E-state index in [1.807, 2.05) is 12.1 Å². The molecular formula is C23H34N2O2. The summed E-state index contributed by atoms with van der Waals surface area (Å²) in [5, 5.41) is 3.38. The van der Waals surface area contributed by atoms with Crippen molar-refractivity contribution in [3.05, 3.63) is 41.5 Å². The van der Waals surface area contributed by atoms with Crippen LogP contribution in [0.1, 0.15) is 74.7 Å². The second-order valence-electron chi connectivity index (χ2n) is 7.33. The van der Waals surface area contributed by atoms with Gasteiger partial charge in [0.25, 0.3) is 0 Å². The van der Waals surface area contributed by atoms with E-state index in [2.05, 4.69) is 24.1 Å². The van der Waals surface area contributed by atoms with Crippen LogP contribution in [0.4, 0.5) is 0 Å². The van der Waals surface area contributed by atoms with Crippen molar-refractivity contribution in [2.75, 3.05) is 26.2 Å². The van der Waals surface area contributed by atoms with Gasteiger partial charge in [-0.25, -0.2) is 0 Å². The molecule has 4 nitrogen and oxygen atoms in total. The number of nitrogens with one attached hydrogen (secondary N) is 1. The maximum Gasteiger partial charge on any atom is 0.233 e. The van der Waals surface area contributed by atoms with Crippen molar-refractivity contribution in [1.82, 2.24) is 10.2 Å².